The third-order valence-corrected chi connectivity index (χ3v) is 7.09. The molecule has 1 aliphatic heterocycles. The van der Waals surface area contributed by atoms with Crippen molar-refractivity contribution in [2.45, 2.75) is 29.6 Å². The number of nitrogens with zero attached hydrogens (tertiary/aromatic N) is 2. The van der Waals surface area contributed by atoms with Gasteiger partial charge in [-0.25, -0.2) is 13.4 Å². The van der Waals surface area contributed by atoms with E-state index in [4.69, 9.17) is 16.3 Å². The van der Waals surface area contributed by atoms with Gasteiger partial charge in [-0.2, -0.15) is 17.5 Å². The maximum atomic E-state index is 13.1. The van der Waals surface area contributed by atoms with Gasteiger partial charge in [0.1, 0.15) is 10.8 Å². The molecule has 2 N–H and O–H groups in total. The zero-order chi connectivity index (χ0) is 24.4. The highest BCUT2D eigenvalue weighted by Gasteiger charge is 2.40. The van der Waals surface area contributed by atoms with Crippen molar-refractivity contribution in [2.24, 2.45) is 0 Å². The number of carbonyl (C=O) groups is 1. The van der Waals surface area contributed by atoms with Gasteiger partial charge in [0.15, 0.2) is 0 Å². The Morgan fingerprint density at radius 1 is 1.36 bits per heavy atom. The predicted octanol–water partition coefficient (Wildman–Crippen LogP) is 2.97. The monoisotopic (exact) mass is 505 g/mol. The number of rotatable bonds is 7. The van der Waals surface area contributed by atoms with Gasteiger partial charge in [0.2, 0.25) is 21.8 Å². The van der Waals surface area contributed by atoms with Crippen molar-refractivity contribution < 1.29 is 36.2 Å². The molecule has 0 saturated carbocycles. The lowest BCUT2D eigenvalue weighted by atomic mass is 10.2. The van der Waals surface area contributed by atoms with E-state index in [1.54, 1.807) is 0 Å². The Kier molecular flexibility index (Phi) is 7.32. The van der Waals surface area contributed by atoms with Gasteiger partial charge in [0.05, 0.1) is 23.1 Å². The largest absolute Gasteiger partial charge is 0.438 e. The number of sulfonamides is 1. The van der Waals surface area contributed by atoms with Gasteiger partial charge in [-0.1, -0.05) is 18.2 Å². The van der Waals surface area contributed by atoms with Crippen LogP contribution in [0.15, 0.2) is 54.1 Å². The summed E-state index contributed by atoms with van der Waals surface area (Å²) in [4.78, 5) is 15.0. The molecule has 178 valence electrons. The number of nitrogens with one attached hydrogen (secondary N) is 1. The molecule has 2 aromatic rings. The molecule has 2 unspecified atom stereocenters. The van der Waals surface area contributed by atoms with Crippen LogP contribution in [0.25, 0.3) is 0 Å². The van der Waals surface area contributed by atoms with Crippen LogP contribution in [0.2, 0.25) is 5.02 Å². The molecule has 0 bridgehead atoms. The minimum absolute atomic E-state index is 0.0313. The van der Waals surface area contributed by atoms with Crippen molar-refractivity contribution in [2.75, 3.05) is 13.2 Å². The lowest BCUT2D eigenvalue weighted by Gasteiger charge is -2.22. The van der Waals surface area contributed by atoms with Gasteiger partial charge >= 0.3 is 6.18 Å². The van der Waals surface area contributed by atoms with Crippen LogP contribution >= 0.6 is 11.6 Å². The van der Waals surface area contributed by atoms with Gasteiger partial charge in [-0.15, -0.1) is 0 Å². The Morgan fingerprint density at radius 3 is 2.58 bits per heavy atom. The molecular weight excluding hydrogens is 487 g/mol. The first kappa shape index (κ1) is 25.0. The van der Waals surface area contributed by atoms with Crippen molar-refractivity contribution in [3.05, 3.63) is 59.8 Å². The number of hydrogen-bond acceptors (Lipinski definition) is 6. The quantitative estimate of drug-likeness (QED) is 0.560. The molecule has 13 heteroatoms. The number of alkyl halides is 3. The smallest absolute Gasteiger partial charge is 0.417 e. The second-order valence-electron chi connectivity index (χ2n) is 7.14. The van der Waals surface area contributed by atoms with Crippen molar-refractivity contribution in [1.82, 2.24) is 14.6 Å². The van der Waals surface area contributed by atoms with E-state index in [9.17, 15) is 31.5 Å². The van der Waals surface area contributed by atoms with E-state index in [0.29, 0.717) is 12.3 Å². The number of carbonyl (C=O) groups excluding carboxylic acids is 1. The number of hydrogen-bond donors (Lipinski definition) is 2. The molecule has 1 aromatic carbocycles. The average molecular weight is 506 g/mol. The van der Waals surface area contributed by atoms with E-state index in [0.717, 1.165) is 10.4 Å². The van der Waals surface area contributed by atoms with Crippen LogP contribution in [0.3, 0.4) is 0 Å². The van der Waals surface area contributed by atoms with Crippen LogP contribution in [-0.2, 0) is 21.0 Å². The Hall–Kier alpha value is -2.67. The second-order valence-corrected chi connectivity index (χ2v) is 9.44. The minimum Gasteiger partial charge on any atom is -0.438 e. The highest BCUT2D eigenvalue weighted by atomic mass is 35.5. The van der Waals surface area contributed by atoms with E-state index in [1.807, 2.05) is 0 Å². The van der Waals surface area contributed by atoms with Crippen LogP contribution in [0.4, 0.5) is 13.2 Å². The fourth-order valence-corrected chi connectivity index (χ4v) is 5.17. The van der Waals surface area contributed by atoms with Crippen molar-refractivity contribution in [3.8, 4) is 11.6 Å². The second kappa shape index (κ2) is 9.67. The predicted molar refractivity (Wildman–Crippen MR) is 112 cm³/mol. The van der Waals surface area contributed by atoms with E-state index < -0.39 is 46.4 Å². The molecular formula is C20H19ClF3N3O5S. The summed E-state index contributed by atoms with van der Waals surface area (Å²) in [6.07, 6.45) is -2.74. The molecule has 33 heavy (non-hydrogen) atoms. The van der Waals surface area contributed by atoms with Gasteiger partial charge < -0.3 is 15.2 Å². The Bertz CT molecular complexity index is 1140. The number of aliphatic hydroxyl groups excluding tert-OH is 1. The summed E-state index contributed by atoms with van der Waals surface area (Å²) in [6.45, 7) is 2.89. The zero-order valence-corrected chi connectivity index (χ0v) is 18.5. The molecule has 8 nitrogen and oxygen atoms in total. The van der Waals surface area contributed by atoms with E-state index >= 15 is 0 Å². The van der Waals surface area contributed by atoms with E-state index in [1.165, 1.54) is 24.3 Å². The number of pyridine rings is 1. The lowest BCUT2D eigenvalue weighted by molar-refractivity contribution is -0.137. The first-order valence-electron chi connectivity index (χ1n) is 9.52. The van der Waals surface area contributed by atoms with Crippen molar-refractivity contribution in [3.63, 3.8) is 0 Å². The molecule has 1 amide bonds. The van der Waals surface area contributed by atoms with Gasteiger partial charge in [0, 0.05) is 18.8 Å². The SMILES string of the molecule is C=CC(=O)NC1CC(CO)N(S(=O)(=O)c2ccc(Oc3ncc(C(F)(F)F)cc3Cl)cc2)C1. The number of ether oxygens (including phenoxy) is 1. The summed E-state index contributed by atoms with van der Waals surface area (Å²) in [6, 6.07) is 4.54. The summed E-state index contributed by atoms with van der Waals surface area (Å²) in [5.41, 5.74) is -1.03. The maximum absolute atomic E-state index is 13.1. The molecule has 1 aromatic heterocycles. The van der Waals surface area contributed by atoms with Crippen LogP contribution in [0.5, 0.6) is 11.6 Å². The summed E-state index contributed by atoms with van der Waals surface area (Å²) >= 11 is 5.82. The Morgan fingerprint density at radius 2 is 2.03 bits per heavy atom. The third-order valence-electron chi connectivity index (χ3n) is 4.89. The summed E-state index contributed by atoms with van der Waals surface area (Å²) < 4.78 is 70.8. The van der Waals surface area contributed by atoms with E-state index in [2.05, 4.69) is 16.9 Å². The first-order chi connectivity index (χ1) is 15.5. The molecule has 0 aliphatic carbocycles. The topological polar surface area (TPSA) is 109 Å². The molecule has 2 heterocycles. The first-order valence-corrected chi connectivity index (χ1v) is 11.3. The molecule has 3 rings (SSSR count). The fraction of sp³-hybridized carbons (Fsp3) is 0.300. The maximum Gasteiger partial charge on any atom is 0.417 e. The zero-order valence-electron chi connectivity index (χ0n) is 16.9. The highest BCUT2D eigenvalue weighted by Crippen LogP contribution is 2.35. The third kappa shape index (κ3) is 5.64. The van der Waals surface area contributed by atoms with Crippen LogP contribution in [0, 0.1) is 0 Å². The van der Waals surface area contributed by atoms with Crippen molar-refractivity contribution in [1.29, 1.82) is 0 Å². The molecule has 1 saturated heterocycles. The van der Waals surface area contributed by atoms with Gasteiger partial charge in [-0.3, -0.25) is 4.79 Å². The van der Waals surface area contributed by atoms with Crippen LogP contribution < -0.4 is 10.1 Å². The van der Waals surface area contributed by atoms with Gasteiger partial charge in [0.25, 0.3) is 0 Å². The van der Waals surface area contributed by atoms with Crippen LogP contribution in [-0.4, -0.2) is 54.0 Å². The fourth-order valence-electron chi connectivity index (χ4n) is 3.29. The molecule has 1 aliphatic rings. The number of aliphatic hydroxyl groups is 1. The average Bonchev–Trinajstić information content (AvgIpc) is 3.18. The standard InChI is InChI=1S/C20H19ClF3N3O5S/c1-2-18(29)26-13-8-14(11-28)27(10-13)33(30,31)16-5-3-15(4-6-16)32-19-17(21)7-12(9-25-19)20(22,23)24/h2-7,9,13-14,28H,1,8,10-11H2,(H,26,29). The highest BCUT2D eigenvalue weighted by molar-refractivity contribution is 7.89. The van der Waals surface area contributed by atoms with E-state index in [-0.39, 0.29) is 34.5 Å². The van der Waals surface area contributed by atoms with Crippen molar-refractivity contribution >= 4 is 27.5 Å². The molecule has 1 fully saturated rings. The minimum atomic E-state index is -4.61. The number of aromatic nitrogens is 1. The summed E-state index contributed by atoms with van der Waals surface area (Å²) in [7, 11) is -4.02. The molecule has 0 spiro atoms. The Labute approximate surface area is 192 Å². The lowest BCUT2D eigenvalue weighted by Crippen LogP contribution is -2.39. The summed E-state index contributed by atoms with van der Waals surface area (Å²) in [5, 5.41) is 11.9. The number of amides is 1. The number of benzene rings is 1. The summed E-state index contributed by atoms with van der Waals surface area (Å²) in [5.74, 6) is -0.631. The molecule has 2 atom stereocenters. The number of halogens is 4. The molecule has 0 radical (unpaired) electrons. The van der Waals surface area contributed by atoms with Gasteiger partial charge in [-0.05, 0) is 42.8 Å². The Balaban J connectivity index is 1.76. The normalized spacial score (nSPS) is 19.3. The van der Waals surface area contributed by atoms with Crippen LogP contribution in [0.1, 0.15) is 12.0 Å².